The molecule has 0 spiro atoms. The number of hydrogen-bond acceptors (Lipinski definition) is 3. The summed E-state index contributed by atoms with van der Waals surface area (Å²) in [6.45, 7) is 3.06. The van der Waals surface area contributed by atoms with Crippen LogP contribution in [0, 0.1) is 5.82 Å². The molecular formula is C23H21Cl2FN2O. The average molecular weight is 431 g/mol. The van der Waals surface area contributed by atoms with Crippen molar-refractivity contribution in [3.63, 3.8) is 0 Å². The number of morpholine rings is 1. The summed E-state index contributed by atoms with van der Waals surface area (Å²) in [7, 11) is 0. The van der Waals surface area contributed by atoms with Gasteiger partial charge in [0.05, 0.1) is 18.9 Å². The van der Waals surface area contributed by atoms with Gasteiger partial charge in [-0.2, -0.15) is 0 Å². The fourth-order valence-electron chi connectivity index (χ4n) is 3.79. The predicted molar refractivity (Wildman–Crippen MR) is 115 cm³/mol. The molecule has 0 bridgehead atoms. The molecule has 4 rings (SSSR count). The number of ether oxygens (including phenoxy) is 1. The molecule has 1 aliphatic rings. The molecule has 1 aliphatic heterocycles. The topological polar surface area (TPSA) is 25.4 Å². The minimum absolute atomic E-state index is 0.0945. The van der Waals surface area contributed by atoms with Gasteiger partial charge < -0.3 is 4.74 Å². The molecular weight excluding hydrogens is 410 g/mol. The predicted octanol–water partition coefficient (Wildman–Crippen LogP) is 5.81. The molecule has 0 aliphatic carbocycles. The zero-order chi connectivity index (χ0) is 20.2. The number of hydrogen-bond donors (Lipinski definition) is 0. The summed E-state index contributed by atoms with van der Waals surface area (Å²) in [6, 6.07) is 16.3. The van der Waals surface area contributed by atoms with Crippen molar-refractivity contribution in [2.24, 2.45) is 0 Å². The summed E-state index contributed by atoms with van der Waals surface area (Å²) in [5, 5.41) is 1.15. The van der Waals surface area contributed by atoms with Crippen LogP contribution >= 0.6 is 23.2 Å². The third-order valence-corrected chi connectivity index (χ3v) is 5.62. The number of nitrogens with zero attached hydrogens (tertiary/aromatic N) is 2. The van der Waals surface area contributed by atoms with Crippen LogP contribution < -0.4 is 0 Å². The van der Waals surface area contributed by atoms with E-state index in [0.717, 1.165) is 41.9 Å². The quantitative estimate of drug-likeness (QED) is 0.510. The molecule has 0 amide bonds. The molecule has 2 aromatic carbocycles. The molecule has 6 heteroatoms. The molecule has 0 radical (unpaired) electrons. The Morgan fingerprint density at radius 2 is 1.69 bits per heavy atom. The fraction of sp³-hybridized carbons (Fsp3) is 0.261. The molecule has 3 nitrogen and oxygen atoms in total. The van der Waals surface area contributed by atoms with E-state index in [1.54, 1.807) is 12.3 Å². The molecule has 150 valence electrons. The van der Waals surface area contributed by atoms with Crippen LogP contribution in [0.15, 0.2) is 60.8 Å². The molecule has 1 fully saturated rings. The van der Waals surface area contributed by atoms with E-state index in [0.29, 0.717) is 23.3 Å². The summed E-state index contributed by atoms with van der Waals surface area (Å²) in [5.41, 5.74) is 3.91. The zero-order valence-electron chi connectivity index (χ0n) is 15.8. The van der Waals surface area contributed by atoms with Gasteiger partial charge in [0.2, 0.25) is 0 Å². The number of halogens is 3. The SMILES string of the molecule is Fc1ccc(C(Cc2cccnc2-c2cc(Cl)cc(Cl)c2)N2CCOCC2)cc1. The highest BCUT2D eigenvalue weighted by Crippen LogP contribution is 2.32. The van der Waals surface area contributed by atoms with Crippen LogP contribution in [0.25, 0.3) is 11.3 Å². The average Bonchev–Trinajstić information content (AvgIpc) is 2.73. The standard InChI is InChI=1S/C23H21Cl2FN2O/c24-19-12-18(13-20(25)15-19)23-17(2-1-7-27-23)14-22(28-8-10-29-11-9-28)16-3-5-21(26)6-4-16/h1-7,12-13,15,22H,8-11,14H2. The second-order valence-electron chi connectivity index (χ2n) is 7.09. The molecule has 1 aromatic heterocycles. The van der Waals surface area contributed by atoms with Gasteiger partial charge in [-0.25, -0.2) is 4.39 Å². The van der Waals surface area contributed by atoms with Crippen molar-refractivity contribution < 1.29 is 9.13 Å². The summed E-state index contributed by atoms with van der Waals surface area (Å²) in [4.78, 5) is 7.00. The first-order valence-electron chi connectivity index (χ1n) is 9.58. The van der Waals surface area contributed by atoms with Crippen LogP contribution in [-0.4, -0.2) is 36.2 Å². The van der Waals surface area contributed by atoms with Gasteiger partial charge in [-0.05, 0) is 53.9 Å². The normalized spacial score (nSPS) is 16.0. The Bertz CT molecular complexity index is 955. The van der Waals surface area contributed by atoms with Crippen molar-refractivity contribution in [3.8, 4) is 11.3 Å². The minimum Gasteiger partial charge on any atom is -0.379 e. The highest BCUT2D eigenvalue weighted by molar-refractivity contribution is 6.35. The van der Waals surface area contributed by atoms with E-state index in [9.17, 15) is 4.39 Å². The van der Waals surface area contributed by atoms with E-state index in [1.165, 1.54) is 12.1 Å². The van der Waals surface area contributed by atoms with Crippen molar-refractivity contribution in [2.45, 2.75) is 12.5 Å². The third kappa shape index (κ3) is 4.96. The van der Waals surface area contributed by atoms with Crippen LogP contribution in [0.4, 0.5) is 4.39 Å². The first-order chi connectivity index (χ1) is 14.1. The molecule has 0 N–H and O–H groups in total. The van der Waals surface area contributed by atoms with Crippen molar-refractivity contribution >= 4 is 23.2 Å². The van der Waals surface area contributed by atoms with E-state index in [-0.39, 0.29) is 11.9 Å². The lowest BCUT2D eigenvalue weighted by Gasteiger charge is -2.35. The summed E-state index contributed by atoms with van der Waals surface area (Å²) in [5.74, 6) is -0.231. The number of rotatable bonds is 5. The third-order valence-electron chi connectivity index (χ3n) is 5.18. The number of aromatic nitrogens is 1. The van der Waals surface area contributed by atoms with Gasteiger partial charge >= 0.3 is 0 Å². The summed E-state index contributed by atoms with van der Waals surface area (Å²) >= 11 is 12.4. The fourth-order valence-corrected chi connectivity index (χ4v) is 4.32. The van der Waals surface area contributed by atoms with Crippen LogP contribution in [-0.2, 0) is 11.2 Å². The van der Waals surface area contributed by atoms with E-state index in [4.69, 9.17) is 27.9 Å². The Hall–Kier alpha value is -1.98. The van der Waals surface area contributed by atoms with Crippen LogP contribution in [0.2, 0.25) is 10.0 Å². The van der Waals surface area contributed by atoms with Gasteiger partial charge in [0.25, 0.3) is 0 Å². The smallest absolute Gasteiger partial charge is 0.123 e. The van der Waals surface area contributed by atoms with Gasteiger partial charge in [0, 0.05) is 40.9 Å². The van der Waals surface area contributed by atoms with Crippen molar-refractivity contribution in [1.29, 1.82) is 0 Å². The van der Waals surface area contributed by atoms with Gasteiger partial charge in [-0.15, -0.1) is 0 Å². The van der Waals surface area contributed by atoms with Crippen molar-refractivity contribution in [3.05, 3.63) is 87.8 Å². The highest BCUT2D eigenvalue weighted by atomic mass is 35.5. The van der Waals surface area contributed by atoms with E-state index in [2.05, 4.69) is 16.0 Å². The summed E-state index contributed by atoms with van der Waals surface area (Å²) in [6.07, 6.45) is 2.51. The lowest BCUT2D eigenvalue weighted by atomic mass is 9.94. The van der Waals surface area contributed by atoms with Crippen molar-refractivity contribution in [2.75, 3.05) is 26.3 Å². The first-order valence-corrected chi connectivity index (χ1v) is 10.3. The van der Waals surface area contributed by atoms with Crippen LogP contribution in [0.1, 0.15) is 17.2 Å². The molecule has 1 unspecified atom stereocenters. The monoisotopic (exact) mass is 430 g/mol. The lowest BCUT2D eigenvalue weighted by molar-refractivity contribution is 0.0161. The second kappa shape index (κ2) is 9.23. The highest BCUT2D eigenvalue weighted by Gasteiger charge is 2.24. The largest absolute Gasteiger partial charge is 0.379 e. The second-order valence-corrected chi connectivity index (χ2v) is 7.96. The minimum atomic E-state index is -0.231. The van der Waals surface area contributed by atoms with Crippen LogP contribution in [0.3, 0.4) is 0 Å². The Balaban J connectivity index is 1.71. The maximum atomic E-state index is 13.5. The van der Waals surface area contributed by atoms with E-state index >= 15 is 0 Å². The molecule has 3 aromatic rings. The Labute approximate surface area is 180 Å². The molecule has 0 saturated carbocycles. The Kier molecular flexibility index (Phi) is 6.46. The molecule has 29 heavy (non-hydrogen) atoms. The number of pyridine rings is 1. The van der Waals surface area contributed by atoms with Gasteiger partial charge in [0.15, 0.2) is 0 Å². The van der Waals surface area contributed by atoms with Gasteiger partial charge in [-0.1, -0.05) is 41.4 Å². The van der Waals surface area contributed by atoms with Gasteiger partial charge in [0.1, 0.15) is 5.82 Å². The van der Waals surface area contributed by atoms with Gasteiger partial charge in [-0.3, -0.25) is 9.88 Å². The molecule has 1 saturated heterocycles. The Morgan fingerprint density at radius 1 is 1.00 bits per heavy atom. The lowest BCUT2D eigenvalue weighted by Crippen LogP contribution is -2.40. The molecule has 2 heterocycles. The van der Waals surface area contributed by atoms with E-state index in [1.807, 2.05) is 30.3 Å². The first kappa shape index (κ1) is 20.3. The van der Waals surface area contributed by atoms with E-state index < -0.39 is 0 Å². The molecule has 1 atom stereocenters. The van der Waals surface area contributed by atoms with Crippen LogP contribution in [0.5, 0.6) is 0 Å². The van der Waals surface area contributed by atoms with Crippen molar-refractivity contribution in [1.82, 2.24) is 9.88 Å². The summed E-state index contributed by atoms with van der Waals surface area (Å²) < 4.78 is 19.0. The maximum absolute atomic E-state index is 13.5. The number of benzene rings is 2. The zero-order valence-corrected chi connectivity index (χ0v) is 17.3. The maximum Gasteiger partial charge on any atom is 0.123 e. The Morgan fingerprint density at radius 3 is 2.38 bits per heavy atom.